The number of aliphatic hydroxyl groups is 4. The molecule has 5 N–H and O–H groups in total. The average Bonchev–Trinajstić information content (AvgIpc) is 2.78. The number of phenols is 1. The lowest BCUT2D eigenvalue weighted by atomic mass is 9.99. The minimum atomic E-state index is -1.70. The molecule has 0 aromatic heterocycles. The fraction of sp³-hybridized carbons (Fsp3) is 0.286. The molecule has 0 aliphatic carbocycles. The van der Waals surface area contributed by atoms with Gasteiger partial charge in [0.05, 0.1) is 11.5 Å². The van der Waals surface area contributed by atoms with Crippen LogP contribution in [0.5, 0.6) is 11.5 Å². The third kappa shape index (κ3) is 4.93. The number of hydrogen-bond acceptors (Lipinski definition) is 10. The number of non-ortho nitro benzene ring substituents is 1. The maximum absolute atomic E-state index is 12.7. The lowest BCUT2D eigenvalue weighted by molar-refractivity contribution is -0.384. The molecule has 0 radical (unpaired) electrons. The Balaban J connectivity index is 1.82. The lowest BCUT2D eigenvalue weighted by Gasteiger charge is -2.39. The van der Waals surface area contributed by atoms with Crippen LogP contribution in [0.1, 0.15) is 15.9 Å². The van der Waals surface area contributed by atoms with Gasteiger partial charge in [-0.1, -0.05) is 12.1 Å². The zero-order valence-corrected chi connectivity index (χ0v) is 16.5. The van der Waals surface area contributed by atoms with Crippen LogP contribution >= 0.6 is 0 Å². The summed E-state index contributed by atoms with van der Waals surface area (Å²) in [6.45, 7) is -0.658. The fourth-order valence-corrected chi connectivity index (χ4v) is 3.12. The zero-order chi connectivity index (χ0) is 23.4. The van der Waals surface area contributed by atoms with Crippen LogP contribution in [0, 0.1) is 10.1 Å². The number of aromatic hydroxyl groups is 1. The number of phenolic OH excluding ortho intramolecular Hbond substituents is 1. The predicted molar refractivity (Wildman–Crippen MR) is 109 cm³/mol. The topological polar surface area (TPSA) is 180 Å². The summed E-state index contributed by atoms with van der Waals surface area (Å²) in [6, 6.07) is 9.39. The smallest absolute Gasteiger partial charge is 0.269 e. The first-order chi connectivity index (χ1) is 15.2. The lowest BCUT2D eigenvalue weighted by Crippen LogP contribution is -2.60. The predicted octanol–water partition coefficient (Wildman–Crippen LogP) is 0.375. The maximum Gasteiger partial charge on any atom is 0.269 e. The third-order valence-corrected chi connectivity index (χ3v) is 4.87. The van der Waals surface area contributed by atoms with Gasteiger partial charge in [-0.25, -0.2) is 0 Å². The molecule has 0 spiro atoms. The number of benzene rings is 2. The molecule has 11 heteroatoms. The average molecular weight is 447 g/mol. The van der Waals surface area contributed by atoms with Crippen LogP contribution in [0.25, 0.3) is 6.08 Å². The van der Waals surface area contributed by atoms with Crippen molar-refractivity contribution in [3.05, 3.63) is 69.8 Å². The Labute approximate surface area is 181 Å². The molecule has 170 valence electrons. The van der Waals surface area contributed by atoms with Crippen LogP contribution in [0.2, 0.25) is 0 Å². The molecule has 0 unspecified atom stereocenters. The van der Waals surface area contributed by atoms with Crippen molar-refractivity contribution in [2.75, 3.05) is 6.61 Å². The summed E-state index contributed by atoms with van der Waals surface area (Å²) in [5.41, 5.74) is 0.128. The van der Waals surface area contributed by atoms with E-state index in [0.717, 1.165) is 6.08 Å². The van der Waals surface area contributed by atoms with Gasteiger partial charge in [-0.2, -0.15) is 0 Å². The summed E-state index contributed by atoms with van der Waals surface area (Å²) in [5, 5.41) is 60.1. The Morgan fingerprint density at radius 1 is 1.09 bits per heavy atom. The second-order valence-corrected chi connectivity index (χ2v) is 7.01. The molecular weight excluding hydrogens is 426 g/mol. The van der Waals surface area contributed by atoms with E-state index >= 15 is 0 Å². The van der Waals surface area contributed by atoms with Gasteiger partial charge in [0.1, 0.15) is 41.5 Å². The van der Waals surface area contributed by atoms with Crippen molar-refractivity contribution in [1.29, 1.82) is 0 Å². The summed E-state index contributed by atoms with van der Waals surface area (Å²) in [6.07, 6.45) is -5.20. The van der Waals surface area contributed by atoms with Crippen LogP contribution in [0.4, 0.5) is 5.69 Å². The van der Waals surface area contributed by atoms with Gasteiger partial charge in [0, 0.05) is 12.1 Å². The van der Waals surface area contributed by atoms with Crippen molar-refractivity contribution in [2.45, 2.75) is 30.7 Å². The molecular formula is C21H21NO10. The van der Waals surface area contributed by atoms with Gasteiger partial charge >= 0.3 is 0 Å². The second kappa shape index (κ2) is 9.85. The molecule has 1 aliphatic heterocycles. The van der Waals surface area contributed by atoms with Crippen LogP contribution in [-0.2, 0) is 4.74 Å². The number of hydrogen-bond donors (Lipinski definition) is 5. The summed E-state index contributed by atoms with van der Waals surface area (Å²) in [7, 11) is 0. The number of ether oxygens (including phenoxy) is 2. The highest BCUT2D eigenvalue weighted by Gasteiger charge is 2.45. The van der Waals surface area contributed by atoms with Crippen LogP contribution < -0.4 is 4.74 Å². The number of nitro benzene ring substituents is 1. The minimum Gasteiger partial charge on any atom is -0.507 e. The molecule has 2 aromatic rings. The normalized spacial score (nSPS) is 25.6. The van der Waals surface area contributed by atoms with Crippen molar-refractivity contribution in [1.82, 2.24) is 0 Å². The monoisotopic (exact) mass is 447 g/mol. The van der Waals surface area contributed by atoms with Crippen molar-refractivity contribution >= 4 is 17.5 Å². The number of carbonyl (C=O) groups is 1. The van der Waals surface area contributed by atoms with Crippen LogP contribution in [-0.4, -0.2) is 73.6 Å². The van der Waals surface area contributed by atoms with Crippen molar-refractivity contribution in [3.8, 4) is 11.5 Å². The van der Waals surface area contributed by atoms with E-state index in [0.29, 0.717) is 5.56 Å². The van der Waals surface area contributed by atoms with Gasteiger partial charge in [0.15, 0.2) is 5.78 Å². The first-order valence-corrected chi connectivity index (χ1v) is 9.49. The standard InChI is InChI=1S/C21H21NO10/c23-10-16-18(26)19(27)20(28)21(32-16)31-15-3-1-2-13(24)17(15)14(25)9-6-11-4-7-12(8-5-11)22(29)30/h1-9,16,18-21,23-24,26-28H,10H2/b9-6+/t16-,18+,19-,20-,21-/m0/s1. The van der Waals surface area contributed by atoms with E-state index < -0.39 is 53.8 Å². The largest absolute Gasteiger partial charge is 0.507 e. The van der Waals surface area contributed by atoms with Gasteiger partial charge in [-0.15, -0.1) is 0 Å². The Morgan fingerprint density at radius 2 is 1.78 bits per heavy atom. The fourth-order valence-electron chi connectivity index (χ4n) is 3.12. The Kier molecular flexibility index (Phi) is 7.18. The van der Waals surface area contributed by atoms with Gasteiger partial charge in [0.2, 0.25) is 6.29 Å². The summed E-state index contributed by atoms with van der Waals surface area (Å²) in [5.74, 6) is -1.28. The summed E-state index contributed by atoms with van der Waals surface area (Å²) < 4.78 is 10.8. The molecule has 0 saturated carbocycles. The number of carbonyl (C=O) groups excluding carboxylic acids is 1. The first-order valence-electron chi connectivity index (χ1n) is 9.49. The number of ketones is 1. The van der Waals surface area contributed by atoms with E-state index in [9.17, 15) is 40.4 Å². The third-order valence-electron chi connectivity index (χ3n) is 4.87. The number of nitrogens with zero attached hydrogens (tertiary/aromatic N) is 1. The van der Waals surface area contributed by atoms with E-state index in [1.165, 1.54) is 48.5 Å². The van der Waals surface area contributed by atoms with E-state index in [4.69, 9.17) is 9.47 Å². The van der Waals surface area contributed by atoms with E-state index in [1.807, 2.05) is 0 Å². The van der Waals surface area contributed by atoms with Crippen LogP contribution in [0.3, 0.4) is 0 Å². The highest BCUT2D eigenvalue weighted by molar-refractivity contribution is 6.10. The van der Waals surface area contributed by atoms with Gasteiger partial charge < -0.3 is 35.0 Å². The van der Waals surface area contributed by atoms with Crippen molar-refractivity contribution in [3.63, 3.8) is 0 Å². The van der Waals surface area contributed by atoms with Gasteiger partial charge in [-0.05, 0) is 35.9 Å². The molecule has 1 fully saturated rings. The number of nitro groups is 1. The molecule has 3 rings (SSSR count). The maximum atomic E-state index is 12.7. The summed E-state index contributed by atoms with van der Waals surface area (Å²) in [4.78, 5) is 22.9. The molecule has 1 heterocycles. The minimum absolute atomic E-state index is 0.107. The first kappa shape index (κ1) is 23.3. The van der Waals surface area contributed by atoms with E-state index in [2.05, 4.69) is 0 Å². The quantitative estimate of drug-likeness (QED) is 0.172. The molecule has 2 aromatic carbocycles. The van der Waals surface area contributed by atoms with Gasteiger partial charge in [0.25, 0.3) is 5.69 Å². The van der Waals surface area contributed by atoms with Crippen molar-refractivity contribution < 1.29 is 44.7 Å². The highest BCUT2D eigenvalue weighted by Crippen LogP contribution is 2.32. The molecule has 0 bridgehead atoms. The molecule has 32 heavy (non-hydrogen) atoms. The summed E-state index contributed by atoms with van der Waals surface area (Å²) >= 11 is 0. The molecule has 1 aliphatic rings. The number of allylic oxidation sites excluding steroid dienone is 1. The van der Waals surface area contributed by atoms with Gasteiger partial charge in [-0.3, -0.25) is 14.9 Å². The number of aliphatic hydroxyl groups excluding tert-OH is 4. The zero-order valence-electron chi connectivity index (χ0n) is 16.5. The molecule has 1 saturated heterocycles. The van der Waals surface area contributed by atoms with Crippen LogP contribution in [0.15, 0.2) is 48.5 Å². The Morgan fingerprint density at radius 3 is 2.41 bits per heavy atom. The van der Waals surface area contributed by atoms with Crippen molar-refractivity contribution in [2.24, 2.45) is 0 Å². The Hall–Kier alpha value is -3.35. The molecule has 11 nitrogen and oxygen atoms in total. The molecule has 5 atom stereocenters. The number of rotatable bonds is 7. The van der Waals surface area contributed by atoms with E-state index in [1.54, 1.807) is 0 Å². The highest BCUT2D eigenvalue weighted by atomic mass is 16.7. The Bertz CT molecular complexity index is 1000. The molecule has 0 amide bonds. The van der Waals surface area contributed by atoms with E-state index in [-0.39, 0.29) is 17.0 Å². The SMILES string of the molecule is O=C(/C=C/c1ccc([N+](=O)[O-])cc1)c1c(O)cccc1O[C@H]1O[C@@H](CO)[C@@H](O)[C@H](O)[C@@H]1O. The second-order valence-electron chi connectivity index (χ2n) is 7.01.